The zero-order valence-electron chi connectivity index (χ0n) is 12.9. The van der Waals surface area contributed by atoms with Gasteiger partial charge >= 0.3 is 6.03 Å². The summed E-state index contributed by atoms with van der Waals surface area (Å²) >= 11 is 0. The number of amides is 2. The minimum absolute atomic E-state index is 0.253. The van der Waals surface area contributed by atoms with E-state index in [4.69, 9.17) is 4.74 Å². The molecule has 0 atom stereocenters. The lowest BCUT2D eigenvalue weighted by Gasteiger charge is -2.12. The Balaban J connectivity index is 1.41. The van der Waals surface area contributed by atoms with E-state index in [-0.39, 0.29) is 12.1 Å². The first kappa shape index (κ1) is 15.3. The lowest BCUT2D eigenvalue weighted by atomic mass is 10.3. The van der Waals surface area contributed by atoms with E-state index in [1.807, 2.05) is 10.8 Å². The normalized spacial score (nSPS) is 14.6. The molecule has 3 rings (SSSR count). The third-order valence-corrected chi connectivity index (χ3v) is 3.80. The number of nitrogens with zero attached hydrogens (tertiary/aromatic N) is 3. The highest BCUT2D eigenvalue weighted by molar-refractivity contribution is 5.88. The van der Waals surface area contributed by atoms with Crippen LogP contribution in [0.25, 0.3) is 0 Å². The van der Waals surface area contributed by atoms with Crippen LogP contribution in [0.3, 0.4) is 0 Å². The first-order valence-electron chi connectivity index (χ1n) is 7.93. The summed E-state index contributed by atoms with van der Waals surface area (Å²) in [7, 11) is 0. The number of ether oxygens (including phenoxy) is 1. The number of carbonyl (C=O) groups is 1. The largest absolute Gasteiger partial charge is 0.474 e. The van der Waals surface area contributed by atoms with E-state index in [1.54, 1.807) is 30.9 Å². The number of imidazole rings is 1. The molecule has 0 spiro atoms. The molecule has 1 fully saturated rings. The molecule has 0 aliphatic heterocycles. The molecule has 2 N–H and O–H groups in total. The van der Waals surface area contributed by atoms with Crippen LogP contribution in [0.15, 0.2) is 37.1 Å². The summed E-state index contributed by atoms with van der Waals surface area (Å²) < 4.78 is 7.69. The van der Waals surface area contributed by atoms with Gasteiger partial charge in [0.1, 0.15) is 6.10 Å². The molecule has 2 aromatic rings. The highest BCUT2D eigenvalue weighted by Crippen LogP contribution is 2.23. The van der Waals surface area contributed by atoms with Gasteiger partial charge in [-0.05, 0) is 31.7 Å². The molecule has 23 heavy (non-hydrogen) atoms. The van der Waals surface area contributed by atoms with Gasteiger partial charge in [-0.1, -0.05) is 0 Å². The van der Waals surface area contributed by atoms with Crippen LogP contribution in [0.5, 0.6) is 5.88 Å². The van der Waals surface area contributed by atoms with Gasteiger partial charge in [-0.3, -0.25) is 0 Å². The smallest absolute Gasteiger partial charge is 0.319 e. The van der Waals surface area contributed by atoms with Crippen molar-refractivity contribution in [3.05, 3.63) is 37.1 Å². The molecule has 1 saturated carbocycles. The van der Waals surface area contributed by atoms with E-state index in [0.717, 1.165) is 12.8 Å². The average molecular weight is 315 g/mol. The van der Waals surface area contributed by atoms with Gasteiger partial charge in [0.25, 0.3) is 0 Å². The summed E-state index contributed by atoms with van der Waals surface area (Å²) in [4.78, 5) is 20.0. The van der Waals surface area contributed by atoms with Crippen molar-refractivity contribution in [2.45, 2.75) is 38.3 Å². The van der Waals surface area contributed by atoms with E-state index in [2.05, 4.69) is 20.6 Å². The van der Waals surface area contributed by atoms with Gasteiger partial charge < -0.3 is 19.9 Å². The maximum atomic E-state index is 11.8. The Morgan fingerprint density at radius 2 is 2.22 bits per heavy atom. The molecule has 0 saturated heterocycles. The monoisotopic (exact) mass is 315 g/mol. The summed E-state index contributed by atoms with van der Waals surface area (Å²) in [5.41, 5.74) is 0.643. The average Bonchev–Trinajstić information content (AvgIpc) is 3.23. The Morgan fingerprint density at radius 3 is 2.91 bits per heavy atom. The predicted octanol–water partition coefficient (Wildman–Crippen LogP) is 2.42. The van der Waals surface area contributed by atoms with E-state index in [1.165, 1.54) is 12.8 Å². The molecule has 2 heterocycles. The van der Waals surface area contributed by atoms with Crippen molar-refractivity contribution in [3.63, 3.8) is 0 Å². The van der Waals surface area contributed by atoms with Gasteiger partial charge in [-0.2, -0.15) is 0 Å². The predicted molar refractivity (Wildman–Crippen MR) is 86.4 cm³/mol. The molecule has 2 amide bonds. The first-order valence-corrected chi connectivity index (χ1v) is 7.93. The Bertz CT molecular complexity index is 606. The molecule has 0 bridgehead atoms. The minimum Gasteiger partial charge on any atom is -0.474 e. The van der Waals surface area contributed by atoms with Gasteiger partial charge in [0.2, 0.25) is 5.88 Å². The Hall–Kier alpha value is -2.57. The first-order chi connectivity index (χ1) is 11.3. The number of anilines is 1. The number of rotatable bonds is 6. The molecule has 0 aromatic carbocycles. The van der Waals surface area contributed by atoms with Crippen LogP contribution in [-0.2, 0) is 6.54 Å². The van der Waals surface area contributed by atoms with Crippen LogP contribution in [-0.4, -0.2) is 33.2 Å². The summed E-state index contributed by atoms with van der Waals surface area (Å²) in [6, 6.07) is 3.34. The second kappa shape index (κ2) is 7.62. The fourth-order valence-corrected chi connectivity index (χ4v) is 2.59. The number of carbonyl (C=O) groups excluding carboxylic acids is 1. The summed E-state index contributed by atoms with van der Waals surface area (Å²) in [5, 5.41) is 5.53. The van der Waals surface area contributed by atoms with Crippen LogP contribution in [0.4, 0.5) is 10.5 Å². The topological polar surface area (TPSA) is 81.1 Å². The summed E-state index contributed by atoms with van der Waals surface area (Å²) in [6.45, 7) is 1.21. The van der Waals surface area contributed by atoms with Gasteiger partial charge in [-0.25, -0.2) is 14.8 Å². The Labute approximate surface area is 135 Å². The lowest BCUT2D eigenvalue weighted by Crippen LogP contribution is -2.31. The molecular formula is C16H21N5O2. The number of pyridine rings is 1. The van der Waals surface area contributed by atoms with Crippen LogP contribution < -0.4 is 15.4 Å². The van der Waals surface area contributed by atoms with Crippen molar-refractivity contribution in [1.29, 1.82) is 0 Å². The van der Waals surface area contributed by atoms with Crippen LogP contribution in [0, 0.1) is 0 Å². The van der Waals surface area contributed by atoms with Crippen molar-refractivity contribution in [3.8, 4) is 5.88 Å². The van der Waals surface area contributed by atoms with Gasteiger partial charge in [-0.15, -0.1) is 0 Å². The third kappa shape index (κ3) is 4.70. The molecule has 122 valence electrons. The minimum atomic E-state index is -0.253. The van der Waals surface area contributed by atoms with Crippen LogP contribution in [0.1, 0.15) is 25.7 Å². The molecule has 1 aliphatic rings. The van der Waals surface area contributed by atoms with E-state index in [9.17, 15) is 4.79 Å². The van der Waals surface area contributed by atoms with E-state index < -0.39 is 0 Å². The molecule has 0 unspecified atom stereocenters. The molecule has 0 radical (unpaired) electrons. The van der Waals surface area contributed by atoms with E-state index in [0.29, 0.717) is 24.7 Å². The van der Waals surface area contributed by atoms with Crippen LogP contribution >= 0.6 is 0 Å². The maximum absolute atomic E-state index is 11.8. The Kier molecular flexibility index (Phi) is 5.08. The number of aromatic nitrogens is 3. The highest BCUT2D eigenvalue weighted by Gasteiger charge is 2.16. The van der Waals surface area contributed by atoms with Gasteiger partial charge in [0, 0.05) is 31.5 Å². The van der Waals surface area contributed by atoms with Crippen molar-refractivity contribution in [1.82, 2.24) is 19.9 Å². The van der Waals surface area contributed by atoms with Crippen molar-refractivity contribution in [2.75, 3.05) is 11.9 Å². The molecule has 7 nitrogen and oxygen atoms in total. The molecule has 2 aromatic heterocycles. The maximum Gasteiger partial charge on any atom is 0.319 e. The number of nitrogens with one attached hydrogen (secondary N) is 2. The molecule has 7 heteroatoms. The second-order valence-electron chi connectivity index (χ2n) is 5.59. The second-order valence-corrected chi connectivity index (χ2v) is 5.59. The zero-order chi connectivity index (χ0) is 15.9. The standard InChI is InChI=1S/C16H21N5O2/c22-16(18-8-10-21-9-7-17-12-21)20-13-5-6-15(19-11-13)23-14-3-1-2-4-14/h5-7,9,11-12,14H,1-4,8,10H2,(H2,18,20,22). The van der Waals surface area contributed by atoms with E-state index >= 15 is 0 Å². The number of urea groups is 1. The summed E-state index contributed by atoms with van der Waals surface area (Å²) in [6.07, 6.45) is 11.8. The fourth-order valence-electron chi connectivity index (χ4n) is 2.59. The summed E-state index contributed by atoms with van der Waals surface area (Å²) in [5.74, 6) is 0.614. The quantitative estimate of drug-likeness (QED) is 0.858. The SMILES string of the molecule is O=C(NCCn1ccnc1)Nc1ccc(OC2CCCC2)nc1. The third-order valence-electron chi connectivity index (χ3n) is 3.80. The van der Waals surface area contributed by atoms with Crippen molar-refractivity contribution < 1.29 is 9.53 Å². The molecular weight excluding hydrogens is 294 g/mol. The zero-order valence-corrected chi connectivity index (χ0v) is 12.9. The van der Waals surface area contributed by atoms with Gasteiger partial charge in [0.05, 0.1) is 18.2 Å². The van der Waals surface area contributed by atoms with Gasteiger partial charge in [0.15, 0.2) is 0 Å². The number of hydrogen-bond donors (Lipinski definition) is 2. The fraction of sp³-hybridized carbons (Fsp3) is 0.438. The van der Waals surface area contributed by atoms with Crippen molar-refractivity contribution >= 4 is 11.7 Å². The van der Waals surface area contributed by atoms with Crippen molar-refractivity contribution in [2.24, 2.45) is 0 Å². The highest BCUT2D eigenvalue weighted by atomic mass is 16.5. The molecule has 1 aliphatic carbocycles. The Morgan fingerprint density at radius 1 is 1.35 bits per heavy atom. The van der Waals surface area contributed by atoms with Crippen LogP contribution in [0.2, 0.25) is 0 Å². The number of hydrogen-bond acceptors (Lipinski definition) is 4. The lowest BCUT2D eigenvalue weighted by molar-refractivity contribution is 0.201.